The Morgan fingerprint density at radius 3 is 2.71 bits per heavy atom. The zero-order chi connectivity index (χ0) is 11.7. The molecule has 0 amide bonds. The summed E-state index contributed by atoms with van der Waals surface area (Å²) in [6.07, 6.45) is 7.07. The molecule has 3 fully saturated rings. The van der Waals surface area contributed by atoms with Crippen molar-refractivity contribution in [1.82, 2.24) is 9.80 Å². The van der Waals surface area contributed by atoms with E-state index in [2.05, 4.69) is 9.80 Å². The van der Waals surface area contributed by atoms with E-state index in [1.807, 2.05) is 0 Å². The maximum absolute atomic E-state index is 5.89. The normalized spacial score (nSPS) is 39.7. The Hall–Kier alpha value is -0.120. The zero-order valence-corrected chi connectivity index (χ0v) is 11.0. The van der Waals surface area contributed by atoms with Gasteiger partial charge >= 0.3 is 0 Å². The maximum Gasteiger partial charge on any atom is 0.0224 e. The molecule has 0 aromatic carbocycles. The fraction of sp³-hybridized carbons (Fsp3) is 1.00. The van der Waals surface area contributed by atoms with Crippen LogP contribution in [-0.4, -0.2) is 55.1 Å². The highest BCUT2D eigenvalue weighted by Gasteiger charge is 2.33. The van der Waals surface area contributed by atoms with E-state index >= 15 is 0 Å². The molecule has 3 atom stereocenters. The van der Waals surface area contributed by atoms with Crippen LogP contribution >= 0.6 is 0 Å². The molecular formula is C14H27N3. The topological polar surface area (TPSA) is 32.5 Å². The van der Waals surface area contributed by atoms with E-state index in [1.54, 1.807) is 0 Å². The molecule has 3 nitrogen and oxygen atoms in total. The second kappa shape index (κ2) is 5.25. The quantitative estimate of drug-likeness (QED) is 0.799. The van der Waals surface area contributed by atoms with Gasteiger partial charge in [-0.15, -0.1) is 0 Å². The minimum atomic E-state index is 0.816. The third kappa shape index (κ3) is 2.51. The molecule has 0 bridgehead atoms. The van der Waals surface area contributed by atoms with E-state index in [0.29, 0.717) is 0 Å². The van der Waals surface area contributed by atoms with Crippen LogP contribution in [0.25, 0.3) is 0 Å². The van der Waals surface area contributed by atoms with Gasteiger partial charge in [-0.25, -0.2) is 0 Å². The fourth-order valence-electron chi connectivity index (χ4n) is 4.22. The Bertz CT molecular complexity index is 256. The molecule has 2 heterocycles. The lowest BCUT2D eigenvalue weighted by Gasteiger charge is -2.39. The van der Waals surface area contributed by atoms with Gasteiger partial charge in [0.2, 0.25) is 0 Å². The monoisotopic (exact) mass is 237 g/mol. The lowest BCUT2D eigenvalue weighted by atomic mass is 9.95. The molecule has 0 radical (unpaired) electrons. The van der Waals surface area contributed by atoms with Crippen LogP contribution < -0.4 is 5.73 Å². The first kappa shape index (κ1) is 11.9. The summed E-state index contributed by atoms with van der Waals surface area (Å²) in [4.78, 5) is 5.43. The summed E-state index contributed by atoms with van der Waals surface area (Å²) in [6, 6.07) is 0.876. The molecule has 1 saturated carbocycles. The van der Waals surface area contributed by atoms with E-state index in [0.717, 1.165) is 24.4 Å². The number of hydrogen-bond donors (Lipinski definition) is 1. The summed E-state index contributed by atoms with van der Waals surface area (Å²) in [5.41, 5.74) is 5.89. The average molecular weight is 237 g/mol. The van der Waals surface area contributed by atoms with Crippen molar-refractivity contribution in [1.29, 1.82) is 0 Å². The molecule has 1 aliphatic carbocycles. The molecule has 3 heteroatoms. The second-order valence-electron chi connectivity index (χ2n) is 6.28. The highest BCUT2D eigenvalue weighted by molar-refractivity contribution is 4.89. The van der Waals surface area contributed by atoms with Gasteiger partial charge in [0.15, 0.2) is 0 Å². The molecule has 2 aliphatic heterocycles. The fourth-order valence-corrected chi connectivity index (χ4v) is 4.22. The lowest BCUT2D eigenvalue weighted by molar-refractivity contribution is 0.0863. The van der Waals surface area contributed by atoms with E-state index in [4.69, 9.17) is 5.73 Å². The van der Waals surface area contributed by atoms with Crippen molar-refractivity contribution >= 4 is 0 Å². The van der Waals surface area contributed by atoms with Crippen LogP contribution in [0.2, 0.25) is 0 Å². The average Bonchev–Trinajstić information content (AvgIpc) is 2.96. The Balaban J connectivity index is 1.52. The Morgan fingerprint density at radius 2 is 1.82 bits per heavy atom. The van der Waals surface area contributed by atoms with Crippen molar-refractivity contribution in [3.63, 3.8) is 0 Å². The third-order valence-electron chi connectivity index (χ3n) is 5.28. The van der Waals surface area contributed by atoms with Gasteiger partial charge in [-0.2, -0.15) is 0 Å². The van der Waals surface area contributed by atoms with Crippen LogP contribution in [0.5, 0.6) is 0 Å². The van der Waals surface area contributed by atoms with Gasteiger partial charge in [-0.05, 0) is 50.6 Å². The van der Waals surface area contributed by atoms with E-state index in [9.17, 15) is 0 Å². The van der Waals surface area contributed by atoms with E-state index in [-0.39, 0.29) is 0 Å². The van der Waals surface area contributed by atoms with Crippen LogP contribution in [0.4, 0.5) is 0 Å². The lowest BCUT2D eigenvalue weighted by Crippen LogP contribution is -2.51. The van der Waals surface area contributed by atoms with Gasteiger partial charge in [-0.3, -0.25) is 4.90 Å². The second-order valence-corrected chi connectivity index (χ2v) is 6.28. The third-order valence-corrected chi connectivity index (χ3v) is 5.28. The van der Waals surface area contributed by atoms with Crippen LogP contribution in [0.1, 0.15) is 32.1 Å². The van der Waals surface area contributed by atoms with Crippen molar-refractivity contribution in [2.75, 3.05) is 39.3 Å². The summed E-state index contributed by atoms with van der Waals surface area (Å²) in [5, 5.41) is 0. The number of rotatable bonds is 3. The smallest absolute Gasteiger partial charge is 0.0224 e. The summed E-state index contributed by atoms with van der Waals surface area (Å²) in [5.74, 6) is 1.71. The first-order valence-electron chi connectivity index (χ1n) is 7.53. The van der Waals surface area contributed by atoms with Crippen molar-refractivity contribution < 1.29 is 0 Å². The predicted octanol–water partition coefficient (Wildman–Crippen LogP) is 1.14. The minimum Gasteiger partial charge on any atom is -0.330 e. The van der Waals surface area contributed by atoms with Crippen molar-refractivity contribution in [2.24, 2.45) is 17.6 Å². The van der Waals surface area contributed by atoms with Crippen LogP contribution in [0, 0.1) is 11.8 Å². The first-order chi connectivity index (χ1) is 8.36. The standard InChI is InChI=1S/C14H27N3/c15-9-12-3-1-4-13(12)10-16-7-8-17-6-2-5-14(17)11-16/h12-14H,1-11,15H2. The Labute approximate surface area is 105 Å². The van der Waals surface area contributed by atoms with Gasteiger partial charge in [0.05, 0.1) is 0 Å². The zero-order valence-electron chi connectivity index (χ0n) is 11.0. The number of nitrogens with two attached hydrogens (primary N) is 1. The van der Waals surface area contributed by atoms with Crippen LogP contribution in [0.3, 0.4) is 0 Å². The Kier molecular flexibility index (Phi) is 3.69. The highest BCUT2D eigenvalue weighted by Crippen LogP contribution is 2.32. The summed E-state index contributed by atoms with van der Waals surface area (Å²) >= 11 is 0. The van der Waals surface area contributed by atoms with Gasteiger partial charge in [-0.1, -0.05) is 6.42 Å². The molecule has 2 N–H and O–H groups in total. The van der Waals surface area contributed by atoms with Crippen molar-refractivity contribution in [2.45, 2.75) is 38.1 Å². The minimum absolute atomic E-state index is 0.816. The number of piperazine rings is 1. The first-order valence-corrected chi connectivity index (χ1v) is 7.53. The van der Waals surface area contributed by atoms with Gasteiger partial charge in [0.1, 0.15) is 0 Å². The SMILES string of the molecule is NCC1CCCC1CN1CCN2CCCC2C1. The number of nitrogens with zero attached hydrogens (tertiary/aromatic N) is 2. The van der Waals surface area contributed by atoms with E-state index in [1.165, 1.54) is 64.8 Å². The molecule has 17 heavy (non-hydrogen) atoms. The molecule has 3 rings (SSSR count). The van der Waals surface area contributed by atoms with Crippen LogP contribution in [0.15, 0.2) is 0 Å². The number of fused-ring (bicyclic) bond motifs is 1. The number of hydrogen-bond acceptors (Lipinski definition) is 3. The molecule has 98 valence electrons. The molecular weight excluding hydrogens is 210 g/mol. The van der Waals surface area contributed by atoms with Crippen LogP contribution in [-0.2, 0) is 0 Å². The van der Waals surface area contributed by atoms with Gasteiger partial charge < -0.3 is 10.6 Å². The molecule has 0 spiro atoms. The van der Waals surface area contributed by atoms with Gasteiger partial charge in [0, 0.05) is 32.2 Å². The van der Waals surface area contributed by atoms with E-state index < -0.39 is 0 Å². The molecule has 0 aromatic heterocycles. The van der Waals surface area contributed by atoms with Gasteiger partial charge in [0.25, 0.3) is 0 Å². The highest BCUT2D eigenvalue weighted by atomic mass is 15.3. The molecule has 0 aromatic rings. The largest absolute Gasteiger partial charge is 0.330 e. The predicted molar refractivity (Wildman–Crippen MR) is 70.9 cm³/mol. The molecule has 3 aliphatic rings. The van der Waals surface area contributed by atoms with Crippen molar-refractivity contribution in [3.8, 4) is 0 Å². The summed E-state index contributed by atoms with van der Waals surface area (Å²) in [7, 11) is 0. The maximum atomic E-state index is 5.89. The molecule has 2 saturated heterocycles. The summed E-state index contributed by atoms with van der Waals surface area (Å²) < 4.78 is 0. The van der Waals surface area contributed by atoms with Crippen molar-refractivity contribution in [3.05, 3.63) is 0 Å². The summed E-state index contributed by atoms with van der Waals surface area (Å²) in [6.45, 7) is 7.52. The Morgan fingerprint density at radius 1 is 0.941 bits per heavy atom. The molecule has 3 unspecified atom stereocenters.